The van der Waals surface area contributed by atoms with Gasteiger partial charge in [-0.15, -0.1) is 11.8 Å². The summed E-state index contributed by atoms with van der Waals surface area (Å²) in [6.45, 7) is 0. The van der Waals surface area contributed by atoms with Crippen LogP contribution in [0.5, 0.6) is 5.75 Å². The van der Waals surface area contributed by atoms with E-state index >= 15 is 0 Å². The molecule has 0 bridgehead atoms. The lowest BCUT2D eigenvalue weighted by Gasteiger charge is -2.12. The SMILES string of the molecule is O=C(CSc1ccc(NC(=O)/C(=C/c2ccc(F)cc2)NC(=O)c2ccccc2)cc1)Nc1ccc(O)c(C(=O)O)c1. The fourth-order valence-corrected chi connectivity index (χ4v) is 4.33. The minimum Gasteiger partial charge on any atom is -0.507 e. The fraction of sp³-hybridized carbons (Fsp3) is 0.0323. The second-order valence-corrected chi connectivity index (χ2v) is 9.83. The number of carbonyl (C=O) groups is 4. The zero-order valence-corrected chi connectivity index (χ0v) is 22.7. The molecular weight excluding hydrogens is 561 g/mol. The summed E-state index contributed by atoms with van der Waals surface area (Å²) >= 11 is 1.21. The first-order valence-electron chi connectivity index (χ1n) is 12.4. The van der Waals surface area contributed by atoms with Gasteiger partial charge in [0.2, 0.25) is 5.91 Å². The number of phenols is 1. The van der Waals surface area contributed by atoms with Crippen molar-refractivity contribution in [1.29, 1.82) is 0 Å². The van der Waals surface area contributed by atoms with Crippen LogP contribution >= 0.6 is 11.8 Å². The van der Waals surface area contributed by atoms with Gasteiger partial charge in [-0.2, -0.15) is 0 Å². The molecule has 212 valence electrons. The van der Waals surface area contributed by atoms with Crippen LogP contribution in [0.3, 0.4) is 0 Å². The van der Waals surface area contributed by atoms with E-state index in [0.29, 0.717) is 16.8 Å². The van der Waals surface area contributed by atoms with Gasteiger partial charge in [-0.05, 0) is 78.4 Å². The molecule has 0 fully saturated rings. The van der Waals surface area contributed by atoms with Crippen molar-refractivity contribution >= 4 is 52.9 Å². The Hall–Kier alpha value is -5.42. The molecule has 4 aromatic carbocycles. The van der Waals surface area contributed by atoms with E-state index in [-0.39, 0.29) is 28.6 Å². The van der Waals surface area contributed by atoms with E-state index in [0.717, 1.165) is 4.90 Å². The molecule has 0 aliphatic carbocycles. The normalized spacial score (nSPS) is 10.9. The van der Waals surface area contributed by atoms with Gasteiger partial charge in [-0.1, -0.05) is 30.3 Å². The molecule has 5 N–H and O–H groups in total. The Bertz CT molecular complexity index is 1640. The number of anilines is 2. The number of carboxylic acids is 1. The summed E-state index contributed by atoms with van der Waals surface area (Å²) < 4.78 is 13.4. The monoisotopic (exact) mass is 585 g/mol. The van der Waals surface area contributed by atoms with E-state index in [1.54, 1.807) is 54.6 Å². The van der Waals surface area contributed by atoms with E-state index in [9.17, 15) is 28.7 Å². The number of carbonyl (C=O) groups excluding carboxylic acids is 3. The molecule has 11 heteroatoms. The van der Waals surface area contributed by atoms with Crippen LogP contribution < -0.4 is 16.0 Å². The summed E-state index contributed by atoms with van der Waals surface area (Å²) in [4.78, 5) is 50.1. The van der Waals surface area contributed by atoms with Gasteiger partial charge in [0, 0.05) is 21.8 Å². The highest BCUT2D eigenvalue weighted by molar-refractivity contribution is 8.00. The van der Waals surface area contributed by atoms with Crippen molar-refractivity contribution < 1.29 is 33.8 Å². The van der Waals surface area contributed by atoms with Gasteiger partial charge in [0.05, 0.1) is 5.75 Å². The summed E-state index contributed by atoms with van der Waals surface area (Å²) in [6.07, 6.45) is 1.44. The average molecular weight is 586 g/mol. The molecular formula is C31H24FN3O6S. The van der Waals surface area contributed by atoms with Gasteiger partial charge in [0.15, 0.2) is 0 Å². The number of nitrogens with one attached hydrogen (secondary N) is 3. The predicted octanol–water partition coefficient (Wildman–Crippen LogP) is 5.37. The van der Waals surface area contributed by atoms with Crippen molar-refractivity contribution in [3.05, 3.63) is 125 Å². The van der Waals surface area contributed by atoms with Crippen LogP contribution in [0.25, 0.3) is 6.08 Å². The zero-order valence-electron chi connectivity index (χ0n) is 21.8. The van der Waals surface area contributed by atoms with E-state index in [1.807, 2.05) is 0 Å². The number of rotatable bonds is 10. The van der Waals surface area contributed by atoms with Crippen LogP contribution in [0, 0.1) is 5.82 Å². The summed E-state index contributed by atoms with van der Waals surface area (Å²) in [7, 11) is 0. The number of halogens is 1. The Labute approximate surface area is 244 Å². The minimum absolute atomic E-state index is 0.0189. The Morgan fingerprint density at radius 1 is 0.810 bits per heavy atom. The van der Waals surface area contributed by atoms with E-state index < -0.39 is 29.4 Å². The number of aromatic carboxylic acids is 1. The first kappa shape index (κ1) is 29.6. The fourth-order valence-electron chi connectivity index (χ4n) is 3.63. The molecule has 0 aromatic heterocycles. The highest BCUT2D eigenvalue weighted by Gasteiger charge is 2.16. The quantitative estimate of drug-likeness (QED) is 0.0956. The summed E-state index contributed by atoms with van der Waals surface area (Å²) in [6, 6.07) is 24.2. The lowest BCUT2D eigenvalue weighted by atomic mass is 10.1. The van der Waals surface area contributed by atoms with Crippen molar-refractivity contribution in [3.63, 3.8) is 0 Å². The van der Waals surface area contributed by atoms with Crippen LogP contribution in [0.2, 0.25) is 0 Å². The van der Waals surface area contributed by atoms with Crippen molar-refractivity contribution in [2.24, 2.45) is 0 Å². The Morgan fingerprint density at radius 3 is 2.14 bits per heavy atom. The summed E-state index contributed by atoms with van der Waals surface area (Å²) in [5.41, 5.74) is 1.15. The van der Waals surface area contributed by atoms with Gasteiger partial charge < -0.3 is 26.2 Å². The van der Waals surface area contributed by atoms with Gasteiger partial charge in [-0.3, -0.25) is 14.4 Å². The highest BCUT2D eigenvalue weighted by Crippen LogP contribution is 2.24. The van der Waals surface area contributed by atoms with Crippen molar-refractivity contribution in [2.45, 2.75) is 4.90 Å². The van der Waals surface area contributed by atoms with E-state index in [4.69, 9.17) is 5.11 Å². The lowest BCUT2D eigenvalue weighted by Crippen LogP contribution is -2.30. The lowest BCUT2D eigenvalue weighted by molar-refractivity contribution is -0.114. The molecule has 0 atom stereocenters. The molecule has 0 spiro atoms. The summed E-state index contributed by atoms with van der Waals surface area (Å²) in [5.74, 6) is -3.61. The average Bonchev–Trinajstić information content (AvgIpc) is 2.98. The van der Waals surface area contributed by atoms with Crippen LogP contribution in [0.1, 0.15) is 26.3 Å². The Balaban J connectivity index is 1.39. The minimum atomic E-state index is -1.32. The molecule has 0 aliphatic rings. The number of amides is 3. The first-order chi connectivity index (χ1) is 20.2. The molecule has 4 aromatic rings. The maximum Gasteiger partial charge on any atom is 0.339 e. The molecule has 0 aliphatic heterocycles. The van der Waals surface area contributed by atoms with Crippen LogP contribution in [-0.2, 0) is 9.59 Å². The van der Waals surface area contributed by atoms with Crippen molar-refractivity contribution in [2.75, 3.05) is 16.4 Å². The third-order valence-electron chi connectivity index (χ3n) is 5.70. The van der Waals surface area contributed by atoms with Crippen LogP contribution in [0.15, 0.2) is 108 Å². The van der Waals surface area contributed by atoms with Gasteiger partial charge >= 0.3 is 5.97 Å². The second-order valence-electron chi connectivity index (χ2n) is 8.78. The van der Waals surface area contributed by atoms with Crippen molar-refractivity contribution in [3.8, 4) is 5.75 Å². The standard InChI is InChI=1S/C31H24FN3O6S/c32-21-8-6-19(7-9-21)16-26(35-29(38)20-4-2-1-3-5-20)30(39)34-22-10-13-24(14-11-22)42-18-28(37)33-23-12-15-27(36)25(17-23)31(40)41/h1-17,36H,18H2,(H,33,37)(H,34,39)(H,35,38)(H,40,41)/b26-16-. The predicted molar refractivity (Wildman–Crippen MR) is 158 cm³/mol. The van der Waals surface area contributed by atoms with Gasteiger partial charge in [0.1, 0.15) is 22.8 Å². The molecule has 3 amide bonds. The highest BCUT2D eigenvalue weighted by atomic mass is 32.2. The molecule has 0 saturated carbocycles. The topological polar surface area (TPSA) is 145 Å². The number of hydrogen-bond donors (Lipinski definition) is 5. The van der Waals surface area contributed by atoms with Crippen LogP contribution in [-0.4, -0.2) is 39.7 Å². The van der Waals surface area contributed by atoms with Gasteiger partial charge in [0.25, 0.3) is 11.8 Å². The molecule has 0 saturated heterocycles. The molecule has 0 unspecified atom stereocenters. The molecule has 0 radical (unpaired) electrons. The van der Waals surface area contributed by atoms with Gasteiger partial charge in [-0.25, -0.2) is 9.18 Å². The zero-order chi connectivity index (χ0) is 30.1. The van der Waals surface area contributed by atoms with Crippen molar-refractivity contribution in [1.82, 2.24) is 5.32 Å². The molecule has 42 heavy (non-hydrogen) atoms. The molecule has 9 nitrogen and oxygen atoms in total. The third kappa shape index (κ3) is 8.29. The summed E-state index contributed by atoms with van der Waals surface area (Å²) in [5, 5.41) is 26.6. The molecule has 0 heterocycles. The van der Waals surface area contributed by atoms with E-state index in [1.165, 1.54) is 60.3 Å². The number of aromatic hydroxyl groups is 1. The first-order valence-corrected chi connectivity index (χ1v) is 13.4. The number of hydrogen-bond acceptors (Lipinski definition) is 6. The maximum atomic E-state index is 13.4. The maximum absolute atomic E-state index is 13.4. The Kier molecular flexibility index (Phi) is 9.69. The number of benzene rings is 4. The largest absolute Gasteiger partial charge is 0.507 e. The second kappa shape index (κ2) is 13.8. The smallest absolute Gasteiger partial charge is 0.339 e. The Morgan fingerprint density at radius 2 is 1.48 bits per heavy atom. The van der Waals surface area contributed by atoms with E-state index in [2.05, 4.69) is 16.0 Å². The molecule has 4 rings (SSSR count). The third-order valence-corrected chi connectivity index (χ3v) is 6.71. The number of carboxylic acid groups (broad SMARTS) is 1. The van der Waals surface area contributed by atoms with Crippen LogP contribution in [0.4, 0.5) is 15.8 Å². The number of thioether (sulfide) groups is 1.